The molecule has 1 aliphatic heterocycles. The van der Waals surface area contributed by atoms with Crippen molar-refractivity contribution < 1.29 is 9.18 Å². The summed E-state index contributed by atoms with van der Waals surface area (Å²) in [6.07, 6.45) is 4.29. The van der Waals surface area contributed by atoms with Gasteiger partial charge in [-0.3, -0.25) is 4.79 Å². The molecular formula is C21H26FN3OS. The normalized spacial score (nSPS) is 16.1. The summed E-state index contributed by atoms with van der Waals surface area (Å²) in [5.41, 5.74) is 0.593. The zero-order chi connectivity index (χ0) is 19.1. The Morgan fingerprint density at radius 1 is 1.19 bits per heavy atom. The lowest BCUT2D eigenvalue weighted by molar-refractivity contribution is -0.116. The van der Waals surface area contributed by atoms with Crippen LogP contribution in [0.15, 0.2) is 42.5 Å². The highest BCUT2D eigenvalue weighted by Crippen LogP contribution is 2.30. The van der Waals surface area contributed by atoms with E-state index in [9.17, 15) is 9.18 Å². The van der Waals surface area contributed by atoms with E-state index in [1.807, 2.05) is 18.2 Å². The molecule has 1 aromatic heterocycles. The molecule has 144 valence electrons. The second kappa shape index (κ2) is 9.78. The molecule has 3 rings (SSSR count). The van der Waals surface area contributed by atoms with Crippen LogP contribution < -0.4 is 5.32 Å². The number of nitrogens with one attached hydrogen (secondary N) is 1. The van der Waals surface area contributed by atoms with Gasteiger partial charge < -0.3 is 15.1 Å². The summed E-state index contributed by atoms with van der Waals surface area (Å²) >= 11 is 1.47. The first-order valence-corrected chi connectivity index (χ1v) is 10.1. The van der Waals surface area contributed by atoms with Gasteiger partial charge in [0.05, 0.1) is 0 Å². The van der Waals surface area contributed by atoms with Gasteiger partial charge in [0, 0.05) is 54.1 Å². The third kappa shape index (κ3) is 5.99. The van der Waals surface area contributed by atoms with Crippen LogP contribution in [0.25, 0.3) is 16.5 Å². The van der Waals surface area contributed by atoms with E-state index < -0.39 is 0 Å². The smallest absolute Gasteiger partial charge is 0.244 e. The number of rotatable bonds is 7. The minimum absolute atomic E-state index is 0.0887. The molecule has 0 saturated carbocycles. The lowest BCUT2D eigenvalue weighted by Gasteiger charge is -2.32. The van der Waals surface area contributed by atoms with Crippen LogP contribution in [0.2, 0.25) is 0 Å². The Hall–Kier alpha value is -2.02. The largest absolute Gasteiger partial charge is 0.353 e. The van der Waals surface area contributed by atoms with E-state index in [4.69, 9.17) is 0 Å². The number of hydrogen-bond donors (Lipinski definition) is 1. The fourth-order valence-corrected chi connectivity index (χ4v) is 3.99. The van der Waals surface area contributed by atoms with E-state index in [2.05, 4.69) is 22.2 Å². The first-order chi connectivity index (χ1) is 13.1. The third-order valence-electron chi connectivity index (χ3n) is 4.71. The van der Waals surface area contributed by atoms with E-state index in [1.54, 1.807) is 24.3 Å². The predicted octanol–water partition coefficient (Wildman–Crippen LogP) is 3.32. The zero-order valence-electron chi connectivity index (χ0n) is 15.7. The van der Waals surface area contributed by atoms with Crippen molar-refractivity contribution in [2.24, 2.45) is 0 Å². The zero-order valence-corrected chi connectivity index (χ0v) is 16.5. The van der Waals surface area contributed by atoms with Gasteiger partial charge >= 0.3 is 0 Å². The highest BCUT2D eigenvalue weighted by Gasteiger charge is 2.12. The Kier molecular flexibility index (Phi) is 7.15. The number of piperazine rings is 1. The molecule has 0 atom stereocenters. The second-order valence-corrected chi connectivity index (χ2v) is 7.92. The molecule has 1 saturated heterocycles. The number of carbonyl (C=O) groups excluding carboxylic acids is 1. The summed E-state index contributed by atoms with van der Waals surface area (Å²) in [5.74, 6) is -0.317. The maximum atomic E-state index is 13.8. The van der Waals surface area contributed by atoms with Crippen molar-refractivity contribution in [2.45, 2.75) is 6.42 Å². The maximum Gasteiger partial charge on any atom is 0.244 e. The average molecular weight is 388 g/mol. The quantitative estimate of drug-likeness (QED) is 0.585. The standard InChI is InChI=1S/C21H26FN3OS/c1-24-13-15-25(16-14-24)12-4-11-23-21(26)10-8-17-7-9-20(27-17)18-5-2-3-6-19(18)22/h2-3,5-10H,4,11-16H2,1H3,(H,23,26)/b10-8+. The molecule has 0 radical (unpaired) electrons. The van der Waals surface area contributed by atoms with Gasteiger partial charge in [-0.15, -0.1) is 11.3 Å². The van der Waals surface area contributed by atoms with Crippen molar-refractivity contribution in [1.82, 2.24) is 15.1 Å². The van der Waals surface area contributed by atoms with Gasteiger partial charge in [0.25, 0.3) is 0 Å². The molecule has 2 heterocycles. The number of halogens is 1. The number of amides is 1. The average Bonchev–Trinajstić information content (AvgIpc) is 3.14. The van der Waals surface area contributed by atoms with Crippen LogP contribution in [-0.4, -0.2) is 62.0 Å². The third-order valence-corrected chi connectivity index (χ3v) is 5.80. The van der Waals surface area contributed by atoms with Crippen LogP contribution in [0.5, 0.6) is 0 Å². The Morgan fingerprint density at radius 2 is 1.96 bits per heavy atom. The Balaban J connectivity index is 1.40. The first-order valence-electron chi connectivity index (χ1n) is 9.33. The van der Waals surface area contributed by atoms with Crippen molar-refractivity contribution in [3.05, 3.63) is 53.2 Å². The Morgan fingerprint density at radius 3 is 2.74 bits per heavy atom. The summed E-state index contributed by atoms with van der Waals surface area (Å²) < 4.78 is 13.8. The van der Waals surface area contributed by atoms with Gasteiger partial charge in [0.2, 0.25) is 5.91 Å². The van der Waals surface area contributed by atoms with Gasteiger partial charge in [-0.1, -0.05) is 18.2 Å². The number of nitrogens with zero attached hydrogens (tertiary/aromatic N) is 2. The molecule has 0 bridgehead atoms. The minimum atomic E-state index is -0.229. The van der Waals surface area contributed by atoms with Crippen LogP contribution in [0.4, 0.5) is 4.39 Å². The second-order valence-electron chi connectivity index (χ2n) is 6.80. The van der Waals surface area contributed by atoms with Crippen LogP contribution in [-0.2, 0) is 4.79 Å². The van der Waals surface area contributed by atoms with Gasteiger partial charge in [-0.25, -0.2) is 4.39 Å². The van der Waals surface area contributed by atoms with Gasteiger partial charge in [0.15, 0.2) is 0 Å². The molecule has 1 fully saturated rings. The molecule has 4 nitrogen and oxygen atoms in total. The first kappa shape index (κ1) is 19.7. The van der Waals surface area contributed by atoms with Gasteiger partial charge in [0.1, 0.15) is 5.82 Å². The van der Waals surface area contributed by atoms with Gasteiger partial charge in [-0.05, 0) is 44.3 Å². The Bertz CT molecular complexity index is 781. The maximum absolute atomic E-state index is 13.8. The highest BCUT2D eigenvalue weighted by atomic mass is 32.1. The minimum Gasteiger partial charge on any atom is -0.353 e. The summed E-state index contributed by atoms with van der Waals surface area (Å²) in [6.45, 7) is 6.14. The molecule has 6 heteroatoms. The molecule has 0 aliphatic carbocycles. The SMILES string of the molecule is CN1CCN(CCCNC(=O)/C=C/c2ccc(-c3ccccc3F)s2)CC1. The molecule has 1 aromatic carbocycles. The molecule has 0 spiro atoms. The Labute approximate surface area is 164 Å². The summed E-state index contributed by atoms with van der Waals surface area (Å²) in [7, 11) is 2.15. The molecule has 2 aromatic rings. The summed E-state index contributed by atoms with van der Waals surface area (Å²) in [5, 5.41) is 2.93. The number of carbonyl (C=O) groups is 1. The van der Waals surface area contributed by atoms with Gasteiger partial charge in [-0.2, -0.15) is 0 Å². The van der Waals surface area contributed by atoms with E-state index in [1.165, 1.54) is 17.4 Å². The molecule has 1 aliphatic rings. The topological polar surface area (TPSA) is 35.6 Å². The van der Waals surface area contributed by atoms with Crippen molar-refractivity contribution in [3.8, 4) is 10.4 Å². The number of hydrogen-bond acceptors (Lipinski definition) is 4. The van der Waals surface area contributed by atoms with E-state index >= 15 is 0 Å². The monoisotopic (exact) mass is 387 g/mol. The summed E-state index contributed by atoms with van der Waals surface area (Å²) in [6, 6.07) is 10.5. The molecule has 0 unspecified atom stereocenters. The fourth-order valence-electron chi connectivity index (χ4n) is 3.05. The lowest BCUT2D eigenvalue weighted by Crippen LogP contribution is -2.45. The van der Waals surface area contributed by atoms with Crippen molar-refractivity contribution in [2.75, 3.05) is 46.3 Å². The van der Waals surface area contributed by atoms with Crippen LogP contribution in [0.3, 0.4) is 0 Å². The fraction of sp³-hybridized carbons (Fsp3) is 0.381. The number of likely N-dealkylation sites (N-methyl/N-ethyl adjacent to an activating group) is 1. The van der Waals surface area contributed by atoms with E-state index in [0.29, 0.717) is 12.1 Å². The van der Waals surface area contributed by atoms with Crippen molar-refractivity contribution in [3.63, 3.8) is 0 Å². The van der Waals surface area contributed by atoms with Crippen LogP contribution in [0.1, 0.15) is 11.3 Å². The molecule has 27 heavy (non-hydrogen) atoms. The van der Waals surface area contributed by atoms with Crippen LogP contribution in [0, 0.1) is 5.82 Å². The predicted molar refractivity (Wildman–Crippen MR) is 110 cm³/mol. The lowest BCUT2D eigenvalue weighted by atomic mass is 10.2. The summed E-state index contributed by atoms with van der Waals surface area (Å²) in [4.78, 5) is 18.5. The number of thiophene rings is 1. The number of benzene rings is 1. The molecular weight excluding hydrogens is 361 g/mol. The molecule has 1 amide bonds. The van der Waals surface area contributed by atoms with Crippen molar-refractivity contribution in [1.29, 1.82) is 0 Å². The van der Waals surface area contributed by atoms with E-state index in [0.717, 1.165) is 48.9 Å². The van der Waals surface area contributed by atoms with E-state index in [-0.39, 0.29) is 11.7 Å². The molecule has 1 N–H and O–H groups in total. The van der Waals surface area contributed by atoms with Crippen LogP contribution >= 0.6 is 11.3 Å². The highest BCUT2D eigenvalue weighted by molar-refractivity contribution is 7.16. The van der Waals surface area contributed by atoms with Crippen molar-refractivity contribution >= 4 is 23.3 Å².